The van der Waals surface area contributed by atoms with Gasteiger partial charge in [-0.1, -0.05) is 66.7 Å². The van der Waals surface area contributed by atoms with Crippen LogP contribution >= 0.6 is 0 Å². The summed E-state index contributed by atoms with van der Waals surface area (Å²) in [5.41, 5.74) is 4.17. The number of nitrogens with zero attached hydrogens (tertiary/aromatic N) is 6. The van der Waals surface area contributed by atoms with Gasteiger partial charge in [-0.15, -0.1) is 0 Å². The number of benzene rings is 2. The van der Waals surface area contributed by atoms with Crippen LogP contribution in [-0.4, -0.2) is 46.8 Å². The molecular weight excluding hydrogens is 408 g/mol. The van der Waals surface area contributed by atoms with Crippen molar-refractivity contribution in [3.8, 4) is 0 Å². The van der Waals surface area contributed by atoms with Gasteiger partial charge in [0.2, 0.25) is 0 Å². The second kappa shape index (κ2) is 9.61. The Kier molecular flexibility index (Phi) is 6.06. The van der Waals surface area contributed by atoms with Crippen LogP contribution in [0.15, 0.2) is 96.4 Å². The predicted octanol–water partition coefficient (Wildman–Crippen LogP) is 4.68. The molecule has 0 unspecified atom stereocenters. The molecule has 0 atom stereocenters. The Morgan fingerprint density at radius 2 is 1.21 bits per heavy atom. The molecule has 0 aliphatic carbocycles. The Labute approximate surface area is 194 Å². The zero-order chi connectivity index (χ0) is 22.5. The highest BCUT2D eigenvalue weighted by Gasteiger charge is 2.19. The van der Waals surface area contributed by atoms with Gasteiger partial charge in [0.15, 0.2) is 5.82 Å². The first-order chi connectivity index (χ1) is 16.3. The van der Waals surface area contributed by atoms with Crippen molar-refractivity contribution in [2.75, 3.05) is 36.0 Å². The number of rotatable bonds is 5. The molecule has 0 amide bonds. The average molecular weight is 435 g/mol. The highest BCUT2D eigenvalue weighted by Crippen LogP contribution is 2.20. The van der Waals surface area contributed by atoms with E-state index in [4.69, 9.17) is 4.99 Å². The largest absolute Gasteiger partial charge is 0.353 e. The Morgan fingerprint density at radius 1 is 0.636 bits per heavy atom. The topological polar surface area (TPSA) is 57.5 Å². The quantitative estimate of drug-likeness (QED) is 0.427. The van der Waals surface area contributed by atoms with Gasteiger partial charge in [0.05, 0.1) is 18.1 Å². The smallest absolute Gasteiger partial charge is 0.171 e. The molecule has 2 aromatic heterocycles. The third kappa shape index (κ3) is 4.90. The number of aliphatic imine (C=N–C) groups is 1. The molecule has 0 spiro atoms. The van der Waals surface area contributed by atoms with E-state index >= 15 is 0 Å². The van der Waals surface area contributed by atoms with Crippen LogP contribution < -0.4 is 9.80 Å². The number of piperazine rings is 1. The number of aryl methyl sites for hydroxylation is 1. The van der Waals surface area contributed by atoms with E-state index in [1.807, 2.05) is 48.8 Å². The highest BCUT2D eigenvalue weighted by atomic mass is 15.3. The molecule has 5 rings (SSSR count). The maximum Gasteiger partial charge on any atom is 0.171 e. The predicted molar refractivity (Wildman–Crippen MR) is 134 cm³/mol. The van der Waals surface area contributed by atoms with Gasteiger partial charge < -0.3 is 9.80 Å². The van der Waals surface area contributed by atoms with E-state index in [1.54, 1.807) is 6.20 Å². The van der Waals surface area contributed by atoms with E-state index in [-0.39, 0.29) is 0 Å². The fourth-order valence-electron chi connectivity index (χ4n) is 3.95. The average Bonchev–Trinajstić information content (AvgIpc) is 2.89. The molecule has 0 radical (unpaired) electrons. The van der Waals surface area contributed by atoms with Crippen LogP contribution in [0.3, 0.4) is 0 Å². The van der Waals surface area contributed by atoms with Gasteiger partial charge in [0.1, 0.15) is 11.6 Å². The van der Waals surface area contributed by atoms with Gasteiger partial charge in [0.25, 0.3) is 0 Å². The molecule has 1 fully saturated rings. The number of hydrogen-bond donors (Lipinski definition) is 0. The van der Waals surface area contributed by atoms with Gasteiger partial charge in [-0.2, -0.15) is 0 Å². The molecule has 2 aromatic carbocycles. The zero-order valence-electron chi connectivity index (χ0n) is 18.7. The maximum absolute atomic E-state index is 4.85. The van der Waals surface area contributed by atoms with E-state index in [0.717, 1.165) is 54.7 Å². The van der Waals surface area contributed by atoms with Crippen LogP contribution in [0.25, 0.3) is 0 Å². The molecule has 4 aromatic rings. The number of anilines is 2. The lowest BCUT2D eigenvalue weighted by atomic mass is 10.0. The Bertz CT molecular complexity index is 1160. The monoisotopic (exact) mass is 434 g/mol. The second-order valence-electron chi connectivity index (χ2n) is 8.09. The van der Waals surface area contributed by atoms with Crippen molar-refractivity contribution in [1.29, 1.82) is 0 Å². The van der Waals surface area contributed by atoms with Crippen molar-refractivity contribution in [2.24, 2.45) is 4.99 Å². The third-order valence-electron chi connectivity index (χ3n) is 5.77. The molecule has 0 N–H and O–H groups in total. The van der Waals surface area contributed by atoms with Crippen molar-refractivity contribution in [3.63, 3.8) is 0 Å². The summed E-state index contributed by atoms with van der Waals surface area (Å²) in [5.74, 6) is 2.51. The van der Waals surface area contributed by atoms with Crippen molar-refractivity contribution in [3.05, 3.63) is 108 Å². The minimum Gasteiger partial charge on any atom is -0.353 e. The summed E-state index contributed by atoms with van der Waals surface area (Å²) in [5, 5.41) is 0. The molecule has 33 heavy (non-hydrogen) atoms. The summed E-state index contributed by atoms with van der Waals surface area (Å²) >= 11 is 0. The van der Waals surface area contributed by atoms with E-state index in [1.165, 1.54) is 5.56 Å². The van der Waals surface area contributed by atoms with Crippen LogP contribution in [0.4, 0.5) is 17.5 Å². The number of pyridine rings is 1. The van der Waals surface area contributed by atoms with Gasteiger partial charge >= 0.3 is 0 Å². The third-order valence-corrected chi connectivity index (χ3v) is 5.77. The summed E-state index contributed by atoms with van der Waals surface area (Å²) in [7, 11) is 0. The molecule has 6 heteroatoms. The van der Waals surface area contributed by atoms with Gasteiger partial charge in [0, 0.05) is 43.5 Å². The Balaban J connectivity index is 1.32. The van der Waals surface area contributed by atoms with Crippen LogP contribution in [0.5, 0.6) is 0 Å². The van der Waals surface area contributed by atoms with E-state index in [2.05, 4.69) is 68.1 Å². The first-order valence-electron chi connectivity index (χ1n) is 11.2. The molecule has 3 heterocycles. The summed E-state index contributed by atoms with van der Waals surface area (Å²) in [6.07, 6.45) is 5.51. The lowest BCUT2D eigenvalue weighted by Gasteiger charge is -2.35. The molecule has 1 aliphatic heterocycles. The molecule has 0 bridgehead atoms. The highest BCUT2D eigenvalue weighted by molar-refractivity contribution is 6.13. The number of aromatic nitrogens is 3. The molecule has 1 saturated heterocycles. The molecule has 164 valence electrons. The van der Waals surface area contributed by atoms with E-state index in [0.29, 0.717) is 5.82 Å². The Hall–Kier alpha value is -4.06. The number of hydrogen-bond acceptors (Lipinski definition) is 6. The van der Waals surface area contributed by atoms with E-state index < -0.39 is 0 Å². The van der Waals surface area contributed by atoms with E-state index in [9.17, 15) is 0 Å². The van der Waals surface area contributed by atoms with Crippen LogP contribution in [0, 0.1) is 6.92 Å². The van der Waals surface area contributed by atoms with Gasteiger partial charge in [-0.3, -0.25) is 0 Å². The first kappa shape index (κ1) is 20.8. The normalized spacial score (nSPS) is 13.6. The summed E-state index contributed by atoms with van der Waals surface area (Å²) in [4.78, 5) is 23.3. The minimum absolute atomic E-state index is 0.601. The van der Waals surface area contributed by atoms with Crippen LogP contribution in [0.1, 0.15) is 16.7 Å². The van der Waals surface area contributed by atoms with Gasteiger partial charge in [-0.05, 0) is 18.6 Å². The van der Waals surface area contributed by atoms with Crippen molar-refractivity contribution >= 4 is 23.2 Å². The SMILES string of the molecule is Cc1ccc(N2CCN(c3cnc(N=C(c4ccccc4)c4ccccc4)cn3)CC2)nc1. The maximum atomic E-state index is 4.85. The van der Waals surface area contributed by atoms with Crippen molar-refractivity contribution in [2.45, 2.75) is 6.92 Å². The van der Waals surface area contributed by atoms with Crippen molar-refractivity contribution in [1.82, 2.24) is 15.0 Å². The zero-order valence-corrected chi connectivity index (χ0v) is 18.7. The second-order valence-corrected chi connectivity index (χ2v) is 8.09. The summed E-state index contributed by atoms with van der Waals surface area (Å²) in [6, 6.07) is 24.6. The fourth-order valence-corrected chi connectivity index (χ4v) is 3.95. The summed E-state index contributed by atoms with van der Waals surface area (Å²) in [6.45, 7) is 5.63. The lowest BCUT2D eigenvalue weighted by Crippen LogP contribution is -2.47. The van der Waals surface area contributed by atoms with Crippen LogP contribution in [-0.2, 0) is 0 Å². The molecule has 0 saturated carbocycles. The Morgan fingerprint density at radius 3 is 1.73 bits per heavy atom. The standard InChI is InChI=1S/C27H26N6/c1-21-12-13-25(29-18-21)32-14-16-33(17-15-32)26-20-28-24(19-30-26)31-27(22-8-4-2-5-9-22)23-10-6-3-7-11-23/h2-13,18-20H,14-17H2,1H3. The van der Waals surface area contributed by atoms with Crippen LogP contribution in [0.2, 0.25) is 0 Å². The fraction of sp³-hybridized carbons (Fsp3) is 0.185. The lowest BCUT2D eigenvalue weighted by molar-refractivity contribution is 0.640. The first-order valence-corrected chi connectivity index (χ1v) is 11.2. The minimum atomic E-state index is 0.601. The molecular formula is C27H26N6. The molecule has 1 aliphatic rings. The summed E-state index contributed by atoms with van der Waals surface area (Å²) < 4.78 is 0. The van der Waals surface area contributed by atoms with Crippen molar-refractivity contribution < 1.29 is 0 Å². The van der Waals surface area contributed by atoms with Gasteiger partial charge in [-0.25, -0.2) is 19.9 Å². The molecule has 6 nitrogen and oxygen atoms in total.